The van der Waals surface area contributed by atoms with Gasteiger partial charge in [-0.05, 0) is 0 Å². The van der Waals surface area contributed by atoms with Crippen molar-refractivity contribution in [3.63, 3.8) is 0 Å². The molecule has 32 heavy (non-hydrogen) atoms. The molecule has 1 aromatic carbocycles. The molecule has 0 heterocycles. The van der Waals surface area contributed by atoms with Crippen molar-refractivity contribution in [2.45, 2.75) is 38.7 Å². The number of unbranched alkanes of at least 4 members (excludes halogenated alkanes) is 1. The number of aliphatic hydroxyl groups is 1. The van der Waals surface area contributed by atoms with Crippen molar-refractivity contribution < 1.29 is 68.7 Å². The summed E-state index contributed by atoms with van der Waals surface area (Å²) in [6, 6.07) is 7.70. The monoisotopic (exact) mass is 651 g/mol. The first-order chi connectivity index (χ1) is 15.2. The van der Waals surface area contributed by atoms with Crippen molar-refractivity contribution in [1.29, 1.82) is 0 Å². The maximum Gasteiger partial charge on any atom is 0.408 e. The van der Waals surface area contributed by atoms with Gasteiger partial charge in [-0.15, -0.1) is 0 Å². The molecule has 2 amide bonds. The van der Waals surface area contributed by atoms with Crippen LogP contribution in [0.4, 0.5) is 4.79 Å². The van der Waals surface area contributed by atoms with Gasteiger partial charge in [-0.3, -0.25) is 4.79 Å². The van der Waals surface area contributed by atoms with Crippen molar-refractivity contribution in [2.75, 3.05) is 20.2 Å². The second kappa shape index (κ2) is 20.3. The molecule has 0 aliphatic heterocycles. The number of aliphatic hydroxyl groups excluding tert-OH is 1. The van der Waals surface area contributed by atoms with Gasteiger partial charge in [-0.25, -0.2) is 9.59 Å². The van der Waals surface area contributed by atoms with E-state index in [4.69, 9.17) is 15.3 Å². The van der Waals surface area contributed by atoms with Crippen molar-refractivity contribution in [3.8, 4) is 0 Å². The van der Waals surface area contributed by atoms with Crippen LogP contribution in [0.2, 0.25) is 0 Å². The van der Waals surface area contributed by atoms with Crippen LogP contribution in [-0.2, 0) is 19.1 Å². The minimum atomic E-state index is -1.54. The standard InChI is InChI=1S/C11H14AtNO.C8H11NO7.CH4O/c1-2-3-8-13-11(14)9-4-6-10(12)7-5-9;10-4-3-9-8(15)16-5(7(13)14)1-2-6(11)12;1-2/h4-7H,2-3,8H2,1H3,(H,13,14);4-5H,1-3H2,(H,9,15)(H,11,12)(H,13,14);2H,1H3. The topological polar surface area (TPSA) is 179 Å². The number of ether oxygens (including phenoxy) is 1. The number of carbonyl (C=O) groups excluding carboxylic acids is 3. The summed E-state index contributed by atoms with van der Waals surface area (Å²) in [6.07, 6.45) is -0.838. The molecule has 0 aliphatic rings. The van der Waals surface area contributed by atoms with E-state index in [1.165, 1.54) is 3.27 Å². The van der Waals surface area contributed by atoms with Crippen LogP contribution in [0, 0.1) is 24.7 Å². The molecular formula is C20H29AtN2O9. The first kappa shape index (κ1) is 31.6. The average molecular weight is 651 g/mol. The van der Waals surface area contributed by atoms with Gasteiger partial charge in [0.05, 0.1) is 6.54 Å². The van der Waals surface area contributed by atoms with Crippen LogP contribution < -0.4 is 13.9 Å². The molecule has 0 radical (unpaired) electrons. The van der Waals surface area contributed by atoms with E-state index in [0.717, 1.165) is 32.1 Å². The predicted octanol–water partition coefficient (Wildman–Crippen LogP) is 0.229. The number of hydrogen-bond donors (Lipinski definition) is 5. The maximum absolute atomic E-state index is 11.5. The summed E-state index contributed by atoms with van der Waals surface area (Å²) in [4.78, 5) is 53.0. The number of aliphatic carboxylic acids is 2. The molecule has 1 rings (SSSR count). The van der Waals surface area contributed by atoms with E-state index in [9.17, 15) is 24.0 Å². The molecular weight excluding hydrogens is 622 g/mol. The van der Waals surface area contributed by atoms with Crippen LogP contribution in [0.15, 0.2) is 24.3 Å². The summed E-state index contributed by atoms with van der Waals surface area (Å²) in [5, 5.41) is 28.8. The number of carbonyl (C=O) groups is 5. The van der Waals surface area contributed by atoms with Crippen molar-refractivity contribution in [2.24, 2.45) is 0 Å². The zero-order valence-electron chi connectivity index (χ0n) is 17.9. The Kier molecular flexibility index (Phi) is 20.1. The van der Waals surface area contributed by atoms with E-state index in [1.54, 1.807) is 24.7 Å². The van der Waals surface area contributed by atoms with Crippen molar-refractivity contribution in [1.82, 2.24) is 10.6 Å². The second-order valence-electron chi connectivity index (χ2n) is 5.83. The van der Waals surface area contributed by atoms with Crippen molar-refractivity contribution >= 4 is 33.5 Å². The summed E-state index contributed by atoms with van der Waals surface area (Å²) in [6.45, 7) is 2.58. The number of carboxylic acids is 2. The molecule has 0 saturated carbocycles. The number of carboxylic acid groups (broad SMARTS) is 2. The Labute approximate surface area is 201 Å². The molecule has 12 heteroatoms. The third-order valence-corrected chi connectivity index (χ3v) is 4.38. The molecule has 0 fully saturated rings. The van der Waals surface area contributed by atoms with Gasteiger partial charge in [-0.1, -0.05) is 0 Å². The molecule has 0 aromatic heterocycles. The summed E-state index contributed by atoms with van der Waals surface area (Å²) < 4.78 is 5.62. The van der Waals surface area contributed by atoms with E-state index < -0.39 is 30.6 Å². The van der Waals surface area contributed by atoms with Gasteiger partial charge in [0.2, 0.25) is 6.10 Å². The molecule has 0 spiro atoms. The zero-order valence-corrected chi connectivity index (χ0v) is 20.8. The van der Waals surface area contributed by atoms with Crippen LogP contribution >= 0.6 is 0 Å². The zero-order chi connectivity index (χ0) is 24.9. The summed E-state index contributed by atoms with van der Waals surface area (Å²) >= 11 is 1.62. The maximum atomic E-state index is 11.5. The number of benzene rings is 1. The quantitative estimate of drug-likeness (QED) is 0.166. The van der Waals surface area contributed by atoms with Gasteiger partial charge in [0.25, 0.3) is 0 Å². The molecule has 0 bridgehead atoms. The first-order valence-electron chi connectivity index (χ1n) is 9.52. The van der Waals surface area contributed by atoms with Gasteiger partial charge in [0.1, 0.15) is 6.29 Å². The largest absolute Gasteiger partial charge is 0.481 e. The van der Waals surface area contributed by atoms with E-state index in [0.29, 0.717) is 6.29 Å². The molecule has 0 aliphatic carbocycles. The normalized spacial score (nSPS) is 10.1. The van der Waals surface area contributed by atoms with Gasteiger partial charge in [0, 0.05) is 20.0 Å². The number of aldehydes is 1. The molecule has 180 valence electrons. The Balaban J connectivity index is 0. The molecule has 0 saturated heterocycles. The number of amides is 2. The Bertz CT molecular complexity index is 712. The summed E-state index contributed by atoms with van der Waals surface area (Å²) in [5.74, 6) is -2.60. The van der Waals surface area contributed by atoms with Crippen LogP contribution in [0.1, 0.15) is 43.0 Å². The second-order valence-corrected chi connectivity index (χ2v) is 7.53. The first-order valence-corrected chi connectivity index (χ1v) is 11.0. The van der Waals surface area contributed by atoms with E-state index in [2.05, 4.69) is 17.0 Å². The Morgan fingerprint density at radius 1 is 1.09 bits per heavy atom. The van der Waals surface area contributed by atoms with Crippen LogP contribution in [0.5, 0.6) is 0 Å². The van der Waals surface area contributed by atoms with Gasteiger partial charge >= 0.3 is 118 Å². The van der Waals surface area contributed by atoms with Crippen LogP contribution in [-0.4, -0.2) is 71.8 Å². The average Bonchev–Trinajstić information content (AvgIpc) is 2.77. The molecule has 1 aromatic rings. The fraction of sp³-hybridized carbons (Fsp3) is 0.450. The molecule has 5 N–H and O–H groups in total. The Morgan fingerprint density at radius 3 is 2.16 bits per heavy atom. The fourth-order valence-corrected chi connectivity index (χ4v) is 2.36. The third kappa shape index (κ3) is 17.1. The van der Waals surface area contributed by atoms with Gasteiger partial charge in [0.15, 0.2) is 0 Å². The minimum Gasteiger partial charge on any atom is -0.481 e. The number of hydrogen-bond acceptors (Lipinski definition) is 7. The number of nitrogens with one attached hydrogen (secondary N) is 2. The van der Waals surface area contributed by atoms with E-state index >= 15 is 0 Å². The molecule has 11 nitrogen and oxygen atoms in total. The van der Waals surface area contributed by atoms with Crippen LogP contribution in [0.25, 0.3) is 0 Å². The van der Waals surface area contributed by atoms with E-state index in [1.807, 2.05) is 29.6 Å². The predicted molar refractivity (Wildman–Crippen MR) is 110 cm³/mol. The number of alkyl carbamates (subject to hydrolysis) is 1. The third-order valence-electron chi connectivity index (χ3n) is 3.40. The van der Waals surface area contributed by atoms with Gasteiger partial charge < -0.3 is 30.2 Å². The summed E-state index contributed by atoms with van der Waals surface area (Å²) in [7, 11) is 1.00. The van der Waals surface area contributed by atoms with Crippen LogP contribution in [0.3, 0.4) is 0 Å². The molecule has 1 unspecified atom stereocenters. The fourth-order valence-electron chi connectivity index (χ4n) is 1.87. The van der Waals surface area contributed by atoms with Gasteiger partial charge in [-0.2, -0.15) is 0 Å². The minimum absolute atomic E-state index is 0.0325. The summed E-state index contributed by atoms with van der Waals surface area (Å²) in [5.41, 5.74) is 0.751. The smallest absolute Gasteiger partial charge is 0.408 e. The van der Waals surface area contributed by atoms with E-state index in [-0.39, 0.29) is 18.9 Å². The Hall–Kier alpha value is -2.59. The SMILES string of the molecule is CCCCNC(=O)c1ccc([At])cc1.CO.O=CCNC(=O)OC(CCC(=O)O)C(=O)O. The number of rotatable bonds is 11. The van der Waals surface area contributed by atoms with Crippen molar-refractivity contribution in [3.05, 3.63) is 29.8 Å². The Morgan fingerprint density at radius 2 is 1.69 bits per heavy atom. The molecule has 1 atom stereocenters.